The maximum absolute atomic E-state index is 9.98. The highest BCUT2D eigenvalue weighted by molar-refractivity contribution is 5.92. The minimum absolute atomic E-state index is 0.558. The predicted molar refractivity (Wildman–Crippen MR) is 74.1 cm³/mol. The van der Waals surface area contributed by atoms with Gasteiger partial charge < -0.3 is 5.21 Å². The lowest BCUT2D eigenvalue weighted by atomic mass is 10.3. The maximum atomic E-state index is 9.98. The molecule has 2 N–H and O–H groups in total. The van der Waals surface area contributed by atoms with E-state index in [0.29, 0.717) is 11.4 Å². The van der Waals surface area contributed by atoms with Gasteiger partial charge in [0.1, 0.15) is 11.8 Å². The first-order valence-electron chi connectivity index (χ1n) is 5.72. The summed E-state index contributed by atoms with van der Waals surface area (Å²) in [4.78, 5) is 17.8. The standard InChI is InChI=1S/C6H6N2.C6H7NO.CH5NO/c1-5-2-3-6(4-7)8-5;1-5-2-3-6(4-8)7-5;1-2-3/h3H,2H2,1H3;3-4H,2H2,1H3;2-3H,1H3. The number of hydrogen-bond donors (Lipinski definition) is 2. The zero-order chi connectivity index (χ0) is 14.7. The zero-order valence-corrected chi connectivity index (χ0v) is 11.3. The Balaban J connectivity index is 0.000000284. The first-order chi connectivity index (χ1) is 9.07. The van der Waals surface area contributed by atoms with Crippen LogP contribution in [0.4, 0.5) is 0 Å². The van der Waals surface area contributed by atoms with E-state index in [-0.39, 0.29) is 0 Å². The van der Waals surface area contributed by atoms with E-state index < -0.39 is 0 Å². The zero-order valence-electron chi connectivity index (χ0n) is 11.3. The van der Waals surface area contributed by atoms with E-state index in [1.54, 1.807) is 5.48 Å². The van der Waals surface area contributed by atoms with E-state index in [2.05, 4.69) is 9.98 Å². The quantitative estimate of drug-likeness (QED) is 0.556. The molecule has 0 bridgehead atoms. The fraction of sp³-hybridized carbons (Fsp3) is 0.385. The minimum atomic E-state index is 0.558. The van der Waals surface area contributed by atoms with Crippen molar-refractivity contribution >= 4 is 17.7 Å². The van der Waals surface area contributed by atoms with Crippen molar-refractivity contribution in [1.82, 2.24) is 5.48 Å². The number of nitrogens with zero attached hydrogens (tertiary/aromatic N) is 3. The number of carbonyl (C=O) groups is 1. The van der Waals surface area contributed by atoms with Gasteiger partial charge in [-0.15, -0.1) is 0 Å². The summed E-state index contributed by atoms with van der Waals surface area (Å²) in [6.45, 7) is 3.83. The second-order valence-corrected chi connectivity index (χ2v) is 3.77. The van der Waals surface area contributed by atoms with Crippen LogP contribution in [-0.4, -0.2) is 30.0 Å². The van der Waals surface area contributed by atoms with Gasteiger partial charge in [0.25, 0.3) is 0 Å². The molecule has 0 spiro atoms. The van der Waals surface area contributed by atoms with Crippen molar-refractivity contribution in [1.29, 1.82) is 5.26 Å². The predicted octanol–water partition coefficient (Wildman–Crippen LogP) is 1.79. The largest absolute Gasteiger partial charge is 0.317 e. The number of hydrogen-bond acceptors (Lipinski definition) is 6. The minimum Gasteiger partial charge on any atom is -0.317 e. The average Bonchev–Trinajstić information content (AvgIpc) is 2.99. The average molecular weight is 262 g/mol. The second-order valence-electron chi connectivity index (χ2n) is 3.77. The summed E-state index contributed by atoms with van der Waals surface area (Å²) in [5.41, 5.74) is 4.93. The molecule has 0 aromatic heterocycles. The Labute approximate surface area is 112 Å². The lowest BCUT2D eigenvalue weighted by Crippen LogP contribution is -1.91. The molecule has 2 aliphatic heterocycles. The van der Waals surface area contributed by atoms with Crippen LogP contribution in [-0.2, 0) is 4.79 Å². The van der Waals surface area contributed by atoms with E-state index in [9.17, 15) is 4.79 Å². The molecule has 0 aliphatic carbocycles. The molecule has 6 nitrogen and oxygen atoms in total. The Hall–Kier alpha value is -2.10. The van der Waals surface area contributed by atoms with Gasteiger partial charge in [0.15, 0.2) is 6.29 Å². The molecule has 0 radical (unpaired) electrons. The van der Waals surface area contributed by atoms with Gasteiger partial charge in [-0.3, -0.25) is 9.79 Å². The van der Waals surface area contributed by atoms with Crippen molar-refractivity contribution in [2.45, 2.75) is 26.7 Å². The van der Waals surface area contributed by atoms with Gasteiger partial charge >= 0.3 is 0 Å². The van der Waals surface area contributed by atoms with Crippen molar-refractivity contribution in [2.75, 3.05) is 7.05 Å². The normalized spacial score (nSPS) is 15.5. The van der Waals surface area contributed by atoms with Gasteiger partial charge in [-0.1, -0.05) is 0 Å². The Bertz CT molecular complexity index is 468. The molecule has 0 unspecified atom stereocenters. The molecule has 0 fully saturated rings. The summed E-state index contributed by atoms with van der Waals surface area (Å²) in [6, 6.07) is 1.97. The van der Waals surface area contributed by atoms with Crippen LogP contribution in [0, 0.1) is 11.3 Å². The van der Waals surface area contributed by atoms with Crippen LogP contribution in [0.5, 0.6) is 0 Å². The third-order valence-corrected chi connectivity index (χ3v) is 2.06. The fourth-order valence-electron chi connectivity index (χ4n) is 1.25. The lowest BCUT2D eigenvalue weighted by Gasteiger charge is -1.78. The topological polar surface area (TPSA) is 97.8 Å². The molecule has 2 rings (SSSR count). The van der Waals surface area contributed by atoms with E-state index in [0.717, 1.165) is 30.6 Å². The number of carbonyl (C=O) groups excluding carboxylic acids is 1. The lowest BCUT2D eigenvalue weighted by molar-refractivity contribution is -0.104. The highest BCUT2D eigenvalue weighted by atomic mass is 16.5. The van der Waals surface area contributed by atoms with Gasteiger partial charge in [-0.2, -0.15) is 5.26 Å². The molecule has 2 aliphatic rings. The summed E-state index contributed by atoms with van der Waals surface area (Å²) in [5.74, 6) is 0. The second kappa shape index (κ2) is 9.88. The Kier molecular flexibility index (Phi) is 8.79. The molecule has 0 aromatic rings. The molecular weight excluding hydrogens is 244 g/mol. The van der Waals surface area contributed by atoms with Gasteiger partial charge in [0.05, 0.1) is 5.70 Å². The number of aliphatic imine (C=N–C) groups is 2. The van der Waals surface area contributed by atoms with Crippen molar-refractivity contribution in [3.05, 3.63) is 23.5 Å². The molecule has 0 aromatic carbocycles. The molecule has 102 valence electrons. The SMILES string of the molecule is CC1=NC(C#N)=CC1.CC1=NC(C=O)=CC1.CNO. The van der Waals surface area contributed by atoms with E-state index in [1.807, 2.05) is 32.1 Å². The molecule has 6 heteroatoms. The summed E-state index contributed by atoms with van der Waals surface area (Å²) < 4.78 is 0. The summed E-state index contributed by atoms with van der Waals surface area (Å²) >= 11 is 0. The molecular formula is C13H18N4O2. The fourth-order valence-corrected chi connectivity index (χ4v) is 1.25. The van der Waals surface area contributed by atoms with Crippen LogP contribution in [0.2, 0.25) is 0 Å². The Morgan fingerprint density at radius 2 is 1.84 bits per heavy atom. The van der Waals surface area contributed by atoms with E-state index >= 15 is 0 Å². The van der Waals surface area contributed by atoms with Crippen LogP contribution in [0.3, 0.4) is 0 Å². The van der Waals surface area contributed by atoms with Crippen molar-refractivity contribution in [3.63, 3.8) is 0 Å². The van der Waals surface area contributed by atoms with Gasteiger partial charge in [-0.05, 0) is 26.0 Å². The molecule has 0 saturated heterocycles. The van der Waals surface area contributed by atoms with Gasteiger partial charge in [0, 0.05) is 31.3 Å². The van der Waals surface area contributed by atoms with Crippen molar-refractivity contribution in [2.24, 2.45) is 9.98 Å². The van der Waals surface area contributed by atoms with Crippen molar-refractivity contribution in [3.8, 4) is 6.07 Å². The number of nitriles is 1. The molecule has 2 heterocycles. The highest BCUT2D eigenvalue weighted by Crippen LogP contribution is 2.07. The third kappa shape index (κ3) is 7.76. The third-order valence-electron chi connectivity index (χ3n) is 2.06. The maximum Gasteiger partial charge on any atom is 0.168 e. The molecule has 0 saturated carbocycles. The first kappa shape index (κ1) is 16.9. The molecule has 0 atom stereocenters. The number of hydroxylamine groups is 1. The van der Waals surface area contributed by atoms with Crippen LogP contribution in [0.1, 0.15) is 26.7 Å². The smallest absolute Gasteiger partial charge is 0.168 e. The van der Waals surface area contributed by atoms with Crippen LogP contribution >= 0.6 is 0 Å². The van der Waals surface area contributed by atoms with Gasteiger partial charge in [0.2, 0.25) is 0 Å². The highest BCUT2D eigenvalue weighted by Gasteiger charge is 2.01. The number of nitrogens with one attached hydrogen (secondary N) is 1. The summed E-state index contributed by atoms with van der Waals surface area (Å²) in [6.07, 6.45) is 6.12. The summed E-state index contributed by atoms with van der Waals surface area (Å²) in [7, 11) is 1.43. The Morgan fingerprint density at radius 1 is 1.32 bits per heavy atom. The van der Waals surface area contributed by atoms with Crippen molar-refractivity contribution < 1.29 is 10.0 Å². The van der Waals surface area contributed by atoms with Crippen LogP contribution in [0.25, 0.3) is 0 Å². The van der Waals surface area contributed by atoms with Crippen LogP contribution in [0.15, 0.2) is 33.5 Å². The first-order valence-corrected chi connectivity index (χ1v) is 5.72. The summed E-state index contributed by atoms with van der Waals surface area (Å²) in [5, 5.41) is 15.6. The van der Waals surface area contributed by atoms with E-state index in [1.165, 1.54) is 7.05 Å². The molecule has 0 amide bonds. The monoisotopic (exact) mass is 262 g/mol. The van der Waals surface area contributed by atoms with Crippen LogP contribution < -0.4 is 5.48 Å². The van der Waals surface area contributed by atoms with E-state index in [4.69, 9.17) is 10.5 Å². The number of allylic oxidation sites excluding steroid dienone is 4. The van der Waals surface area contributed by atoms with Gasteiger partial charge in [-0.25, -0.2) is 10.5 Å². The Morgan fingerprint density at radius 3 is 2.05 bits per heavy atom. The number of rotatable bonds is 1. The number of aldehydes is 1. The molecule has 19 heavy (non-hydrogen) atoms.